The summed E-state index contributed by atoms with van der Waals surface area (Å²) in [6.07, 6.45) is 0.278. The molecule has 0 fully saturated rings. The number of rotatable bonds is 6. The van der Waals surface area contributed by atoms with Crippen molar-refractivity contribution in [2.75, 3.05) is 0 Å². The molecule has 0 aliphatic rings. The number of ketones is 2. The first-order valence-electron chi connectivity index (χ1n) is 5.31. The minimum atomic E-state index is -0.562. The fourth-order valence-corrected chi connectivity index (χ4v) is 1.35. The van der Waals surface area contributed by atoms with E-state index in [0.717, 1.165) is 0 Å². The molecular weight excluding hydrogens is 192 g/mol. The molecule has 0 heterocycles. The van der Waals surface area contributed by atoms with Gasteiger partial charge in [0.25, 0.3) is 0 Å². The molecule has 0 bridgehead atoms. The Morgan fingerprint density at radius 2 is 1.53 bits per heavy atom. The molecule has 4 nitrogen and oxygen atoms in total. The van der Waals surface area contributed by atoms with Crippen LogP contribution in [-0.2, 0) is 9.59 Å². The van der Waals surface area contributed by atoms with E-state index in [2.05, 4.69) is 0 Å². The molecule has 0 radical (unpaired) electrons. The standard InChI is InChI=1S/C11H22N2O2/c1-6(2)10(12)9(15)5-7(3)11(13)8(4)14/h6-7,10-11H,5,12-13H2,1-4H3/t7?,10-,11?/m0/s1. The summed E-state index contributed by atoms with van der Waals surface area (Å²) in [7, 11) is 0. The Bertz CT molecular complexity index is 239. The summed E-state index contributed by atoms with van der Waals surface area (Å²) in [6.45, 7) is 7.04. The van der Waals surface area contributed by atoms with Crippen LogP contribution >= 0.6 is 0 Å². The Morgan fingerprint density at radius 3 is 1.87 bits per heavy atom. The molecule has 0 aromatic rings. The third kappa shape index (κ3) is 4.53. The maximum absolute atomic E-state index is 11.6. The summed E-state index contributed by atoms with van der Waals surface area (Å²) < 4.78 is 0. The van der Waals surface area contributed by atoms with Crippen molar-refractivity contribution in [1.82, 2.24) is 0 Å². The van der Waals surface area contributed by atoms with Gasteiger partial charge in [0.15, 0.2) is 0 Å². The zero-order valence-corrected chi connectivity index (χ0v) is 9.99. The Hall–Kier alpha value is -0.740. The summed E-state index contributed by atoms with van der Waals surface area (Å²) in [6, 6.07) is -1.01. The smallest absolute Gasteiger partial charge is 0.150 e. The van der Waals surface area contributed by atoms with E-state index in [1.165, 1.54) is 6.92 Å². The SMILES string of the molecule is CC(=O)C(N)C(C)CC(=O)[C@@H](N)C(C)C. The van der Waals surface area contributed by atoms with Gasteiger partial charge in [-0.25, -0.2) is 0 Å². The zero-order chi connectivity index (χ0) is 12.2. The van der Waals surface area contributed by atoms with Gasteiger partial charge in [-0.3, -0.25) is 9.59 Å². The molecule has 4 N–H and O–H groups in total. The van der Waals surface area contributed by atoms with E-state index < -0.39 is 12.1 Å². The van der Waals surface area contributed by atoms with Gasteiger partial charge < -0.3 is 11.5 Å². The third-order valence-electron chi connectivity index (χ3n) is 2.70. The fraction of sp³-hybridized carbons (Fsp3) is 0.818. The average molecular weight is 214 g/mol. The van der Waals surface area contributed by atoms with Crippen molar-refractivity contribution in [1.29, 1.82) is 0 Å². The highest BCUT2D eigenvalue weighted by Crippen LogP contribution is 2.11. The van der Waals surface area contributed by atoms with Gasteiger partial charge in [0.05, 0.1) is 12.1 Å². The minimum absolute atomic E-state index is 0.0193. The molecule has 0 amide bonds. The van der Waals surface area contributed by atoms with Gasteiger partial charge in [-0.05, 0) is 18.8 Å². The van der Waals surface area contributed by atoms with Gasteiger partial charge >= 0.3 is 0 Å². The lowest BCUT2D eigenvalue weighted by Gasteiger charge is -2.20. The number of Topliss-reactive ketones (excluding diaryl/α,β-unsaturated/α-hetero) is 2. The van der Waals surface area contributed by atoms with Crippen LogP contribution in [0.5, 0.6) is 0 Å². The molecule has 0 saturated heterocycles. The van der Waals surface area contributed by atoms with E-state index in [-0.39, 0.29) is 29.8 Å². The second-order valence-corrected chi connectivity index (χ2v) is 4.55. The summed E-state index contributed by atoms with van der Waals surface area (Å²) in [5.41, 5.74) is 11.4. The van der Waals surface area contributed by atoms with E-state index in [9.17, 15) is 9.59 Å². The van der Waals surface area contributed by atoms with Crippen molar-refractivity contribution in [3.8, 4) is 0 Å². The lowest BCUT2D eigenvalue weighted by molar-refractivity contribution is -0.123. The Morgan fingerprint density at radius 1 is 1.07 bits per heavy atom. The summed E-state index contributed by atoms with van der Waals surface area (Å²) in [5.74, 6) is -0.124. The number of carbonyl (C=O) groups is 2. The van der Waals surface area contributed by atoms with Gasteiger partial charge in [0.2, 0.25) is 0 Å². The van der Waals surface area contributed by atoms with Crippen molar-refractivity contribution >= 4 is 11.6 Å². The van der Waals surface area contributed by atoms with Crippen LogP contribution in [0, 0.1) is 11.8 Å². The quantitative estimate of drug-likeness (QED) is 0.673. The van der Waals surface area contributed by atoms with Crippen LogP contribution in [-0.4, -0.2) is 23.7 Å². The first-order chi connectivity index (χ1) is 6.77. The van der Waals surface area contributed by atoms with Crippen LogP contribution in [0.3, 0.4) is 0 Å². The van der Waals surface area contributed by atoms with Crippen LogP contribution in [0.1, 0.15) is 34.1 Å². The van der Waals surface area contributed by atoms with Crippen LogP contribution in [0.25, 0.3) is 0 Å². The summed E-state index contributed by atoms with van der Waals surface area (Å²) >= 11 is 0. The fourth-order valence-electron chi connectivity index (χ4n) is 1.35. The molecule has 3 atom stereocenters. The monoisotopic (exact) mass is 214 g/mol. The van der Waals surface area contributed by atoms with Crippen LogP contribution < -0.4 is 11.5 Å². The number of nitrogens with two attached hydrogens (primary N) is 2. The summed E-state index contributed by atoms with van der Waals surface area (Å²) in [4.78, 5) is 22.6. The molecule has 0 aromatic heterocycles. The first-order valence-corrected chi connectivity index (χ1v) is 5.31. The predicted octanol–water partition coefficient (Wildman–Crippen LogP) is 0.481. The zero-order valence-electron chi connectivity index (χ0n) is 9.99. The molecule has 0 aromatic carbocycles. The molecular formula is C11H22N2O2. The molecule has 2 unspecified atom stereocenters. The lowest BCUT2D eigenvalue weighted by atomic mass is 9.89. The molecule has 0 spiro atoms. The first kappa shape index (κ1) is 14.3. The maximum atomic E-state index is 11.6. The number of hydrogen-bond acceptors (Lipinski definition) is 4. The second-order valence-electron chi connectivity index (χ2n) is 4.55. The minimum Gasteiger partial charge on any atom is -0.321 e. The predicted molar refractivity (Wildman–Crippen MR) is 60.3 cm³/mol. The topological polar surface area (TPSA) is 86.2 Å². The lowest BCUT2D eigenvalue weighted by Crippen LogP contribution is -2.41. The third-order valence-corrected chi connectivity index (χ3v) is 2.70. The average Bonchev–Trinajstić information content (AvgIpc) is 2.14. The molecule has 0 aliphatic carbocycles. The van der Waals surface area contributed by atoms with Crippen molar-refractivity contribution in [2.45, 2.75) is 46.2 Å². The van der Waals surface area contributed by atoms with Gasteiger partial charge in [-0.2, -0.15) is 0 Å². The largest absolute Gasteiger partial charge is 0.321 e. The Labute approximate surface area is 91.4 Å². The summed E-state index contributed by atoms with van der Waals surface area (Å²) in [5, 5.41) is 0. The molecule has 0 aliphatic heterocycles. The molecule has 0 rings (SSSR count). The van der Waals surface area contributed by atoms with Crippen molar-refractivity contribution in [3.63, 3.8) is 0 Å². The van der Waals surface area contributed by atoms with E-state index >= 15 is 0 Å². The Kier molecular flexibility index (Phi) is 5.68. The maximum Gasteiger partial charge on any atom is 0.150 e. The van der Waals surface area contributed by atoms with E-state index in [0.29, 0.717) is 0 Å². The van der Waals surface area contributed by atoms with E-state index in [1.54, 1.807) is 6.92 Å². The van der Waals surface area contributed by atoms with Crippen molar-refractivity contribution < 1.29 is 9.59 Å². The normalized spacial score (nSPS) is 17.3. The Balaban J connectivity index is 4.24. The molecule has 4 heteroatoms. The second kappa shape index (κ2) is 5.98. The van der Waals surface area contributed by atoms with Gasteiger partial charge in [-0.1, -0.05) is 20.8 Å². The van der Waals surface area contributed by atoms with Gasteiger partial charge in [0.1, 0.15) is 11.6 Å². The van der Waals surface area contributed by atoms with Crippen LogP contribution in [0.2, 0.25) is 0 Å². The molecule has 15 heavy (non-hydrogen) atoms. The number of carbonyl (C=O) groups excluding carboxylic acids is 2. The highest BCUT2D eigenvalue weighted by atomic mass is 16.1. The van der Waals surface area contributed by atoms with Crippen LogP contribution in [0.15, 0.2) is 0 Å². The number of hydrogen-bond donors (Lipinski definition) is 2. The highest BCUT2D eigenvalue weighted by molar-refractivity contribution is 5.86. The molecule has 0 saturated carbocycles. The van der Waals surface area contributed by atoms with E-state index in [1.807, 2.05) is 13.8 Å². The van der Waals surface area contributed by atoms with Gasteiger partial charge in [0, 0.05) is 6.42 Å². The van der Waals surface area contributed by atoms with Crippen molar-refractivity contribution in [2.24, 2.45) is 23.3 Å². The van der Waals surface area contributed by atoms with Crippen LogP contribution in [0.4, 0.5) is 0 Å². The van der Waals surface area contributed by atoms with E-state index in [4.69, 9.17) is 11.5 Å². The van der Waals surface area contributed by atoms with Gasteiger partial charge in [-0.15, -0.1) is 0 Å². The highest BCUT2D eigenvalue weighted by Gasteiger charge is 2.24. The van der Waals surface area contributed by atoms with Crippen molar-refractivity contribution in [3.05, 3.63) is 0 Å². The molecule has 88 valence electrons.